The van der Waals surface area contributed by atoms with Crippen molar-refractivity contribution in [2.75, 3.05) is 18.5 Å². The molecule has 0 radical (unpaired) electrons. The minimum absolute atomic E-state index is 0.434. The summed E-state index contributed by atoms with van der Waals surface area (Å²) in [4.78, 5) is 1.84. The fraction of sp³-hybridized carbons (Fsp3) is 0.600. The van der Waals surface area contributed by atoms with Gasteiger partial charge in [-0.1, -0.05) is 0 Å². The Morgan fingerprint density at radius 1 is 1.67 bits per heavy atom. The summed E-state index contributed by atoms with van der Waals surface area (Å²) >= 11 is 0. The highest BCUT2D eigenvalue weighted by molar-refractivity contribution is 5.56. The van der Waals surface area contributed by atoms with Gasteiger partial charge in [0.05, 0.1) is 11.8 Å². The van der Waals surface area contributed by atoms with Gasteiger partial charge in [0.1, 0.15) is 17.5 Å². The second-order valence-corrected chi connectivity index (χ2v) is 3.75. The lowest BCUT2D eigenvalue weighted by Crippen LogP contribution is -2.29. The number of likely N-dealkylation sites (N-methyl/N-ethyl adjacent to an activating group) is 1. The summed E-state index contributed by atoms with van der Waals surface area (Å²) in [6.45, 7) is 4.00. The first-order valence-electron chi connectivity index (χ1n) is 4.80. The number of aryl methyl sites for hydroxylation is 2. The fourth-order valence-electron chi connectivity index (χ4n) is 1.70. The standard InChI is InChI=1S/C10H16N4O/c1-7(15)6-13(3)10-9(5-11)8(2)12-14(10)4/h7,15H,6H2,1-4H3. The van der Waals surface area contributed by atoms with Gasteiger partial charge in [-0.25, -0.2) is 0 Å². The monoisotopic (exact) mass is 208 g/mol. The van der Waals surface area contributed by atoms with Gasteiger partial charge in [-0.05, 0) is 13.8 Å². The first-order chi connectivity index (χ1) is 6.97. The van der Waals surface area contributed by atoms with E-state index in [-0.39, 0.29) is 0 Å². The molecule has 1 atom stereocenters. The van der Waals surface area contributed by atoms with Crippen LogP contribution in [0.15, 0.2) is 0 Å². The second-order valence-electron chi connectivity index (χ2n) is 3.75. The summed E-state index contributed by atoms with van der Waals surface area (Å²) < 4.78 is 1.66. The number of nitriles is 1. The largest absolute Gasteiger partial charge is 0.392 e. The summed E-state index contributed by atoms with van der Waals surface area (Å²) in [6.07, 6.45) is -0.434. The van der Waals surface area contributed by atoms with Crippen molar-refractivity contribution in [1.29, 1.82) is 5.26 Å². The molecule has 0 aliphatic rings. The molecule has 1 N–H and O–H groups in total. The zero-order chi connectivity index (χ0) is 11.6. The van der Waals surface area contributed by atoms with Crippen LogP contribution in [0.3, 0.4) is 0 Å². The van der Waals surface area contributed by atoms with E-state index in [0.717, 1.165) is 5.82 Å². The lowest BCUT2D eigenvalue weighted by atomic mass is 10.2. The van der Waals surface area contributed by atoms with Crippen LogP contribution in [0.4, 0.5) is 5.82 Å². The number of aliphatic hydroxyl groups is 1. The molecule has 1 unspecified atom stereocenters. The van der Waals surface area contributed by atoms with Gasteiger partial charge >= 0.3 is 0 Å². The first-order valence-corrected chi connectivity index (χ1v) is 4.80. The van der Waals surface area contributed by atoms with Gasteiger partial charge in [0.2, 0.25) is 0 Å². The van der Waals surface area contributed by atoms with Crippen molar-refractivity contribution in [2.24, 2.45) is 7.05 Å². The van der Waals surface area contributed by atoms with Gasteiger partial charge in [0, 0.05) is 20.6 Å². The Morgan fingerprint density at radius 3 is 2.73 bits per heavy atom. The highest BCUT2D eigenvalue weighted by Gasteiger charge is 2.17. The average molecular weight is 208 g/mol. The Kier molecular flexibility index (Phi) is 3.32. The summed E-state index contributed by atoms with van der Waals surface area (Å²) in [6, 6.07) is 2.13. The molecule has 0 saturated heterocycles. The van der Waals surface area contributed by atoms with E-state index in [1.165, 1.54) is 0 Å². The average Bonchev–Trinajstić information content (AvgIpc) is 2.38. The summed E-state index contributed by atoms with van der Waals surface area (Å²) in [7, 11) is 3.63. The van der Waals surface area contributed by atoms with Crippen molar-refractivity contribution in [2.45, 2.75) is 20.0 Å². The number of aliphatic hydroxyl groups excluding tert-OH is 1. The molecule has 0 aromatic carbocycles. The molecule has 82 valence electrons. The van der Waals surface area contributed by atoms with Crippen LogP contribution in [0.2, 0.25) is 0 Å². The van der Waals surface area contributed by atoms with Gasteiger partial charge < -0.3 is 10.0 Å². The van der Waals surface area contributed by atoms with Crippen LogP contribution < -0.4 is 4.90 Å². The third kappa shape index (κ3) is 2.28. The highest BCUT2D eigenvalue weighted by atomic mass is 16.3. The van der Waals surface area contributed by atoms with Gasteiger partial charge in [0.25, 0.3) is 0 Å². The Balaban J connectivity index is 3.08. The predicted octanol–water partition coefficient (Wildman–Crippen LogP) is 0.417. The molecule has 1 aromatic heterocycles. The fourth-order valence-corrected chi connectivity index (χ4v) is 1.70. The van der Waals surface area contributed by atoms with Crippen LogP contribution in [-0.2, 0) is 7.05 Å². The summed E-state index contributed by atoms with van der Waals surface area (Å²) in [5.74, 6) is 0.746. The van der Waals surface area contributed by atoms with E-state index in [9.17, 15) is 5.11 Å². The minimum atomic E-state index is -0.434. The van der Waals surface area contributed by atoms with Crippen molar-refractivity contribution in [3.63, 3.8) is 0 Å². The number of hydrogen-bond donors (Lipinski definition) is 1. The van der Waals surface area contributed by atoms with Crippen molar-refractivity contribution in [3.8, 4) is 6.07 Å². The summed E-state index contributed by atoms with van der Waals surface area (Å²) in [5.41, 5.74) is 1.29. The molecule has 1 rings (SSSR count). The van der Waals surface area contributed by atoms with Crippen LogP contribution in [0, 0.1) is 18.3 Å². The zero-order valence-corrected chi connectivity index (χ0v) is 9.52. The maximum Gasteiger partial charge on any atom is 0.144 e. The molecule has 5 nitrogen and oxygen atoms in total. The van der Waals surface area contributed by atoms with Crippen LogP contribution in [-0.4, -0.2) is 34.6 Å². The second kappa shape index (κ2) is 4.32. The third-order valence-corrected chi connectivity index (χ3v) is 2.20. The highest BCUT2D eigenvalue weighted by Crippen LogP contribution is 2.20. The molecule has 1 aromatic rings. The van der Waals surface area contributed by atoms with E-state index in [1.807, 2.05) is 11.9 Å². The molecular formula is C10H16N4O. The Bertz CT molecular complexity index is 389. The zero-order valence-electron chi connectivity index (χ0n) is 9.52. The molecule has 1 heterocycles. The van der Waals surface area contributed by atoms with Gasteiger partial charge in [0.15, 0.2) is 0 Å². The quantitative estimate of drug-likeness (QED) is 0.781. The smallest absolute Gasteiger partial charge is 0.144 e. The third-order valence-electron chi connectivity index (χ3n) is 2.20. The molecule has 0 fully saturated rings. The maximum atomic E-state index is 9.29. The minimum Gasteiger partial charge on any atom is -0.392 e. The lowest BCUT2D eigenvalue weighted by molar-refractivity contribution is 0.201. The SMILES string of the molecule is Cc1nn(C)c(N(C)CC(C)O)c1C#N. The molecular weight excluding hydrogens is 192 g/mol. The van der Waals surface area contributed by atoms with Crippen molar-refractivity contribution in [3.05, 3.63) is 11.3 Å². The Morgan fingerprint density at radius 2 is 2.27 bits per heavy atom. The predicted molar refractivity (Wildman–Crippen MR) is 57.6 cm³/mol. The molecule has 5 heteroatoms. The molecule has 0 aliphatic heterocycles. The first kappa shape index (κ1) is 11.5. The van der Waals surface area contributed by atoms with E-state index in [2.05, 4.69) is 11.2 Å². The molecule has 0 aliphatic carbocycles. The molecule has 0 bridgehead atoms. The van der Waals surface area contributed by atoms with Gasteiger partial charge in [-0.3, -0.25) is 4.68 Å². The van der Waals surface area contributed by atoms with E-state index in [1.54, 1.807) is 25.6 Å². The maximum absolute atomic E-state index is 9.29. The van der Waals surface area contributed by atoms with Crippen molar-refractivity contribution in [1.82, 2.24) is 9.78 Å². The van der Waals surface area contributed by atoms with Crippen LogP contribution >= 0.6 is 0 Å². The lowest BCUT2D eigenvalue weighted by Gasteiger charge is -2.20. The van der Waals surface area contributed by atoms with Gasteiger partial charge in [-0.2, -0.15) is 10.4 Å². The van der Waals surface area contributed by atoms with E-state index in [4.69, 9.17) is 5.26 Å². The normalized spacial score (nSPS) is 12.3. The van der Waals surface area contributed by atoms with Gasteiger partial charge in [-0.15, -0.1) is 0 Å². The van der Waals surface area contributed by atoms with Crippen molar-refractivity contribution < 1.29 is 5.11 Å². The number of nitrogens with zero attached hydrogens (tertiary/aromatic N) is 4. The number of rotatable bonds is 3. The topological polar surface area (TPSA) is 65.1 Å². The van der Waals surface area contributed by atoms with E-state index < -0.39 is 6.10 Å². The Hall–Kier alpha value is -1.54. The van der Waals surface area contributed by atoms with Crippen LogP contribution in [0.1, 0.15) is 18.2 Å². The molecule has 15 heavy (non-hydrogen) atoms. The Labute approximate surface area is 89.5 Å². The molecule has 0 spiro atoms. The summed E-state index contributed by atoms with van der Waals surface area (Å²) in [5, 5.41) is 22.5. The van der Waals surface area contributed by atoms with E-state index >= 15 is 0 Å². The van der Waals surface area contributed by atoms with Crippen LogP contribution in [0.25, 0.3) is 0 Å². The van der Waals surface area contributed by atoms with Crippen LogP contribution in [0.5, 0.6) is 0 Å². The van der Waals surface area contributed by atoms with Crippen molar-refractivity contribution >= 4 is 5.82 Å². The molecule has 0 saturated carbocycles. The number of aromatic nitrogens is 2. The number of anilines is 1. The molecule has 0 amide bonds. The number of hydrogen-bond acceptors (Lipinski definition) is 4. The van der Waals surface area contributed by atoms with E-state index in [0.29, 0.717) is 17.8 Å².